The van der Waals surface area contributed by atoms with Crippen LogP contribution in [0.4, 0.5) is 0 Å². The van der Waals surface area contributed by atoms with Crippen molar-refractivity contribution in [3.8, 4) is 0 Å². The van der Waals surface area contributed by atoms with Crippen LogP contribution in [0.15, 0.2) is 12.7 Å². The number of hydrogen-bond acceptors (Lipinski definition) is 6. The molecule has 0 aromatic heterocycles. The van der Waals surface area contributed by atoms with Crippen LogP contribution in [0.3, 0.4) is 0 Å². The van der Waals surface area contributed by atoms with Gasteiger partial charge in [0.25, 0.3) is 0 Å². The minimum absolute atomic E-state index is 0.0714. The van der Waals surface area contributed by atoms with Crippen LogP contribution in [0, 0.1) is 0 Å². The van der Waals surface area contributed by atoms with Gasteiger partial charge in [0.15, 0.2) is 0 Å². The zero-order chi connectivity index (χ0) is 18.1. The number of nitrogens with zero attached hydrogens (tertiary/aromatic N) is 1. The molecule has 0 amide bonds. The van der Waals surface area contributed by atoms with Crippen molar-refractivity contribution in [2.24, 2.45) is 0 Å². The van der Waals surface area contributed by atoms with Crippen molar-refractivity contribution >= 4 is 5.97 Å². The van der Waals surface area contributed by atoms with Crippen molar-refractivity contribution in [1.82, 2.24) is 0 Å². The lowest BCUT2D eigenvalue weighted by molar-refractivity contribution is -0.928. The Morgan fingerprint density at radius 2 is 1.75 bits per heavy atom. The second kappa shape index (κ2) is 15.5. The summed E-state index contributed by atoms with van der Waals surface area (Å²) in [5.41, 5.74) is 0. The van der Waals surface area contributed by atoms with Crippen molar-refractivity contribution in [3.63, 3.8) is 0 Å². The van der Waals surface area contributed by atoms with E-state index in [0.29, 0.717) is 26.4 Å². The van der Waals surface area contributed by atoms with Crippen molar-refractivity contribution < 1.29 is 33.3 Å². The number of likely N-dealkylation sites (N-methyl/N-ethyl adjacent to an activating group) is 1. The van der Waals surface area contributed by atoms with Crippen molar-refractivity contribution in [1.29, 1.82) is 0 Å². The molecule has 0 N–H and O–H groups in total. The molecule has 0 bridgehead atoms. The molecule has 0 aromatic carbocycles. The number of aliphatic carboxylic acids is 1. The second-order valence-corrected chi connectivity index (χ2v) is 5.53. The van der Waals surface area contributed by atoms with Gasteiger partial charge in [-0.3, -0.25) is 0 Å². The second-order valence-electron chi connectivity index (χ2n) is 5.53. The van der Waals surface area contributed by atoms with Gasteiger partial charge in [0.2, 0.25) is 0 Å². The molecular weight excluding hydrogens is 314 g/mol. The Labute approximate surface area is 145 Å². The lowest BCUT2D eigenvalue weighted by Crippen LogP contribution is -2.54. The van der Waals surface area contributed by atoms with E-state index in [0.717, 1.165) is 32.8 Å². The lowest BCUT2D eigenvalue weighted by atomic mass is 10.3. The third kappa shape index (κ3) is 12.4. The maximum Gasteiger partial charge on any atom is 0.103 e. The summed E-state index contributed by atoms with van der Waals surface area (Å²) in [5, 5.41) is 9.93. The molecule has 7 nitrogen and oxygen atoms in total. The Balaban J connectivity index is 0.000000446. The molecule has 0 unspecified atom stereocenters. The molecule has 1 heterocycles. The third-order valence-corrected chi connectivity index (χ3v) is 3.86. The molecule has 1 fully saturated rings. The Kier molecular flexibility index (Phi) is 14.9. The van der Waals surface area contributed by atoms with Gasteiger partial charge in [-0.05, 0) is 13.0 Å². The molecule has 0 atom stereocenters. The topological polar surface area (TPSA) is 77.0 Å². The van der Waals surface area contributed by atoms with Crippen LogP contribution in [0.2, 0.25) is 0 Å². The van der Waals surface area contributed by atoms with Crippen LogP contribution in [0.25, 0.3) is 0 Å². The van der Waals surface area contributed by atoms with Crippen molar-refractivity contribution in [3.05, 3.63) is 12.7 Å². The number of rotatable bonds is 12. The van der Waals surface area contributed by atoms with E-state index in [1.807, 2.05) is 6.08 Å². The van der Waals surface area contributed by atoms with Gasteiger partial charge >= 0.3 is 0 Å². The molecule has 0 radical (unpaired) electrons. The van der Waals surface area contributed by atoms with E-state index in [-0.39, 0.29) is 13.0 Å². The Hall–Kier alpha value is -0.990. The highest BCUT2D eigenvalue weighted by Gasteiger charge is 2.26. The fraction of sp³-hybridized carbons (Fsp3) is 0.824. The number of morpholine rings is 1. The first-order valence-corrected chi connectivity index (χ1v) is 8.48. The summed E-state index contributed by atoms with van der Waals surface area (Å²) >= 11 is 0. The monoisotopic (exact) mass is 347 g/mol. The van der Waals surface area contributed by atoms with Crippen LogP contribution < -0.4 is 5.11 Å². The number of carboxylic acid groups (broad SMARTS) is 1. The molecule has 0 aromatic rings. The zero-order valence-corrected chi connectivity index (χ0v) is 15.2. The largest absolute Gasteiger partial charge is 0.550 e. The van der Waals surface area contributed by atoms with Crippen LogP contribution in [-0.2, 0) is 23.7 Å². The van der Waals surface area contributed by atoms with Gasteiger partial charge in [-0.25, -0.2) is 0 Å². The van der Waals surface area contributed by atoms with E-state index < -0.39 is 5.97 Å². The molecule has 0 aliphatic carbocycles. The minimum atomic E-state index is -1.10. The summed E-state index contributed by atoms with van der Waals surface area (Å²) < 4.78 is 21.2. The van der Waals surface area contributed by atoms with Gasteiger partial charge in [-0.2, -0.15) is 0 Å². The molecule has 142 valence electrons. The Morgan fingerprint density at radius 3 is 2.25 bits per heavy atom. The summed E-state index contributed by atoms with van der Waals surface area (Å²) in [5.74, 6) is -1.10. The lowest BCUT2D eigenvalue weighted by Gasteiger charge is -2.39. The summed E-state index contributed by atoms with van der Waals surface area (Å²) in [6, 6.07) is 0. The van der Waals surface area contributed by atoms with Crippen LogP contribution >= 0.6 is 0 Å². The third-order valence-electron chi connectivity index (χ3n) is 3.86. The Bertz CT molecular complexity index is 318. The van der Waals surface area contributed by atoms with Crippen LogP contribution in [0.5, 0.6) is 0 Å². The fourth-order valence-corrected chi connectivity index (χ4v) is 2.25. The first-order valence-electron chi connectivity index (χ1n) is 8.48. The SMILES string of the molecule is C=CC[N+]1(CC)CCOCC1.COCCOCCOCCC(=O)[O-]. The van der Waals surface area contributed by atoms with E-state index in [1.54, 1.807) is 7.11 Å². The maximum atomic E-state index is 9.93. The highest BCUT2D eigenvalue weighted by molar-refractivity contribution is 5.64. The van der Waals surface area contributed by atoms with Crippen molar-refractivity contribution in [2.75, 3.05) is 79.5 Å². The number of quaternary nitrogens is 1. The molecule has 7 heteroatoms. The smallest absolute Gasteiger partial charge is 0.103 e. The highest BCUT2D eigenvalue weighted by Crippen LogP contribution is 2.10. The number of ether oxygens (including phenoxy) is 4. The van der Waals surface area contributed by atoms with Gasteiger partial charge in [-0.1, -0.05) is 6.58 Å². The number of methoxy groups -OCH3 is 1. The molecule has 1 saturated heterocycles. The predicted octanol–water partition coefficient (Wildman–Crippen LogP) is -0.155. The summed E-state index contributed by atoms with van der Waals surface area (Å²) in [6.45, 7) is 14.6. The number of carboxylic acids is 1. The first-order chi connectivity index (χ1) is 11.6. The number of hydrogen-bond donors (Lipinski definition) is 0. The summed E-state index contributed by atoms with van der Waals surface area (Å²) in [4.78, 5) is 9.93. The Morgan fingerprint density at radius 1 is 1.17 bits per heavy atom. The van der Waals surface area contributed by atoms with E-state index >= 15 is 0 Å². The van der Waals surface area contributed by atoms with E-state index in [1.165, 1.54) is 11.0 Å². The first kappa shape index (κ1) is 23.0. The molecule has 1 aliphatic rings. The molecule has 24 heavy (non-hydrogen) atoms. The zero-order valence-electron chi connectivity index (χ0n) is 15.2. The number of carbonyl (C=O) groups excluding carboxylic acids is 1. The van der Waals surface area contributed by atoms with Gasteiger partial charge in [0.1, 0.15) is 13.1 Å². The van der Waals surface area contributed by atoms with Gasteiger partial charge in [-0.15, -0.1) is 0 Å². The minimum Gasteiger partial charge on any atom is -0.550 e. The van der Waals surface area contributed by atoms with Crippen LogP contribution in [0.1, 0.15) is 13.3 Å². The van der Waals surface area contributed by atoms with Crippen molar-refractivity contribution in [2.45, 2.75) is 13.3 Å². The average molecular weight is 347 g/mol. The number of carbonyl (C=O) groups is 1. The highest BCUT2D eigenvalue weighted by atomic mass is 16.5. The van der Waals surface area contributed by atoms with Crippen LogP contribution in [-0.4, -0.2) is 90.0 Å². The van der Waals surface area contributed by atoms with Gasteiger partial charge in [0, 0.05) is 19.5 Å². The molecule has 0 spiro atoms. The van der Waals surface area contributed by atoms with E-state index in [4.69, 9.17) is 18.9 Å². The molecule has 1 rings (SSSR count). The molecule has 0 saturated carbocycles. The van der Waals surface area contributed by atoms with E-state index in [2.05, 4.69) is 13.5 Å². The fourth-order valence-electron chi connectivity index (χ4n) is 2.25. The van der Waals surface area contributed by atoms with E-state index in [9.17, 15) is 9.90 Å². The molecule has 1 aliphatic heterocycles. The van der Waals surface area contributed by atoms with Gasteiger partial charge < -0.3 is 33.3 Å². The average Bonchev–Trinajstić information content (AvgIpc) is 2.59. The van der Waals surface area contributed by atoms with Gasteiger partial charge in [0.05, 0.1) is 59.3 Å². The summed E-state index contributed by atoms with van der Waals surface area (Å²) in [7, 11) is 1.60. The quantitative estimate of drug-likeness (QED) is 0.277. The maximum absolute atomic E-state index is 9.93. The predicted molar refractivity (Wildman–Crippen MR) is 89.6 cm³/mol. The molecular formula is C17H33NO6. The summed E-state index contributed by atoms with van der Waals surface area (Å²) in [6.07, 6.45) is 1.95. The standard InChI is InChI=1S/C9H18NO.C8H16O5/c1-3-5-10(4-2)6-8-11-9-7-10;1-11-4-5-13-7-6-12-3-2-8(9)10/h3H,1,4-9H2,2H3;2-7H2,1H3,(H,9,10)/q+1;/p-1. The normalized spacial score (nSPS) is 16.1.